The Labute approximate surface area is 212 Å². The van der Waals surface area contributed by atoms with Gasteiger partial charge in [0.25, 0.3) is 5.91 Å². The molecule has 4 rings (SSSR count). The van der Waals surface area contributed by atoms with Crippen LogP contribution in [0, 0.1) is 16.7 Å². The van der Waals surface area contributed by atoms with E-state index in [0.717, 1.165) is 6.42 Å². The van der Waals surface area contributed by atoms with Gasteiger partial charge in [-0.2, -0.15) is 0 Å². The highest BCUT2D eigenvalue weighted by molar-refractivity contribution is 7.92. The van der Waals surface area contributed by atoms with Gasteiger partial charge in [0.15, 0.2) is 0 Å². The fraction of sp³-hybridized carbons (Fsp3) is 0.481. The van der Waals surface area contributed by atoms with Crippen LogP contribution in [-0.4, -0.2) is 39.1 Å². The van der Waals surface area contributed by atoms with E-state index in [0.29, 0.717) is 36.4 Å². The normalized spacial score (nSPS) is 22.3. The van der Waals surface area contributed by atoms with Crippen LogP contribution in [0.3, 0.4) is 0 Å². The molecule has 0 aromatic heterocycles. The molecular formula is C27H34N2O6S. The Bertz CT molecular complexity index is 1260. The number of nitrogens with one attached hydrogen (secondary N) is 2. The molecule has 2 unspecified atom stereocenters. The van der Waals surface area contributed by atoms with Crippen molar-refractivity contribution in [3.05, 3.63) is 48.0 Å². The third-order valence-electron chi connectivity index (χ3n) is 7.81. The van der Waals surface area contributed by atoms with Gasteiger partial charge in [-0.15, -0.1) is 0 Å². The van der Waals surface area contributed by atoms with Gasteiger partial charge in [-0.05, 0) is 50.2 Å². The number of Topliss-reactive ketones (excluding diaryl/α,β-unsaturated/α-hetero) is 1. The summed E-state index contributed by atoms with van der Waals surface area (Å²) in [6.45, 7) is 8.19. The Kier molecular flexibility index (Phi) is 7.05. The van der Waals surface area contributed by atoms with Crippen LogP contribution in [0.1, 0.15) is 57.3 Å². The minimum Gasteiger partial charge on any atom is -0.492 e. The van der Waals surface area contributed by atoms with Crippen LogP contribution in [-0.2, 0) is 14.8 Å². The molecule has 2 aromatic carbocycles. The molecular weight excluding hydrogens is 480 g/mol. The van der Waals surface area contributed by atoms with Gasteiger partial charge in [-0.25, -0.2) is 8.42 Å². The van der Waals surface area contributed by atoms with E-state index < -0.39 is 15.4 Å². The van der Waals surface area contributed by atoms with Crippen LogP contribution in [0.4, 0.5) is 11.4 Å². The standard InChI is InChI=1S/C27H34N2O6S/c1-5-34-22-16-21(23(35-6-2)15-20(22)28-25(31)18-10-8-7-9-11-18)29-36(32,33)17-27-13-12-19(14-24(27)30)26(27,3)4/h7-11,15-16,19,29H,5-6,12-14,17H2,1-4H3,(H,28,31). The molecule has 36 heavy (non-hydrogen) atoms. The molecule has 2 aliphatic carbocycles. The van der Waals surface area contributed by atoms with Crippen LogP contribution in [0.2, 0.25) is 0 Å². The van der Waals surface area contributed by atoms with Gasteiger partial charge in [0.2, 0.25) is 10.0 Å². The second-order valence-electron chi connectivity index (χ2n) is 10.1. The predicted octanol–water partition coefficient (Wildman–Crippen LogP) is 4.87. The number of hydrogen-bond donors (Lipinski definition) is 2. The number of ketones is 1. The molecule has 0 heterocycles. The number of carbonyl (C=O) groups excluding carboxylic acids is 2. The van der Waals surface area contributed by atoms with Gasteiger partial charge in [-0.1, -0.05) is 32.0 Å². The summed E-state index contributed by atoms with van der Waals surface area (Å²) in [6, 6.07) is 11.8. The largest absolute Gasteiger partial charge is 0.492 e. The highest BCUT2D eigenvalue weighted by Gasteiger charge is 2.65. The number of rotatable bonds is 10. The third-order valence-corrected chi connectivity index (χ3v) is 9.21. The summed E-state index contributed by atoms with van der Waals surface area (Å²) in [5.41, 5.74) is -0.222. The Balaban J connectivity index is 1.65. The summed E-state index contributed by atoms with van der Waals surface area (Å²) in [7, 11) is -3.91. The van der Waals surface area contributed by atoms with Crippen molar-refractivity contribution in [3.63, 3.8) is 0 Å². The molecule has 2 aromatic rings. The second-order valence-corrected chi connectivity index (χ2v) is 11.8. The number of amides is 1. The summed E-state index contributed by atoms with van der Waals surface area (Å²) in [5, 5.41) is 2.83. The molecule has 1 amide bonds. The molecule has 8 nitrogen and oxygen atoms in total. The van der Waals surface area contributed by atoms with Gasteiger partial charge >= 0.3 is 0 Å². The maximum absolute atomic E-state index is 13.4. The van der Waals surface area contributed by atoms with Crippen molar-refractivity contribution < 1.29 is 27.5 Å². The average molecular weight is 515 g/mol. The van der Waals surface area contributed by atoms with E-state index in [-0.39, 0.29) is 46.8 Å². The minimum atomic E-state index is -3.91. The fourth-order valence-corrected chi connectivity index (χ4v) is 7.60. The van der Waals surface area contributed by atoms with Crippen LogP contribution in [0.15, 0.2) is 42.5 Å². The smallest absolute Gasteiger partial charge is 0.255 e. The molecule has 0 aliphatic heterocycles. The lowest BCUT2D eigenvalue weighted by Gasteiger charge is -2.36. The molecule has 2 aliphatic rings. The summed E-state index contributed by atoms with van der Waals surface area (Å²) >= 11 is 0. The predicted molar refractivity (Wildman–Crippen MR) is 139 cm³/mol. The first-order valence-electron chi connectivity index (χ1n) is 12.4. The Morgan fingerprint density at radius 2 is 1.64 bits per heavy atom. The van der Waals surface area contributed by atoms with Crippen molar-refractivity contribution in [2.75, 3.05) is 29.0 Å². The highest BCUT2D eigenvalue weighted by atomic mass is 32.2. The van der Waals surface area contributed by atoms with Crippen molar-refractivity contribution in [2.24, 2.45) is 16.7 Å². The first-order valence-corrected chi connectivity index (χ1v) is 14.0. The van der Waals surface area contributed by atoms with E-state index in [1.807, 2.05) is 19.9 Å². The molecule has 194 valence electrons. The van der Waals surface area contributed by atoms with Crippen molar-refractivity contribution >= 4 is 33.1 Å². The van der Waals surface area contributed by atoms with Gasteiger partial charge < -0.3 is 14.8 Å². The summed E-state index contributed by atoms with van der Waals surface area (Å²) in [5.74, 6) is 0.212. The maximum Gasteiger partial charge on any atom is 0.255 e. The second kappa shape index (κ2) is 9.76. The Hall–Kier alpha value is -3.07. The number of sulfonamides is 1. The van der Waals surface area contributed by atoms with Gasteiger partial charge in [0.05, 0.1) is 35.8 Å². The number of fused-ring (bicyclic) bond motifs is 2. The summed E-state index contributed by atoms with van der Waals surface area (Å²) < 4.78 is 40.9. The lowest BCUT2D eigenvalue weighted by atomic mass is 9.70. The molecule has 2 saturated carbocycles. The van der Waals surface area contributed by atoms with Crippen LogP contribution >= 0.6 is 0 Å². The number of anilines is 2. The first kappa shape index (κ1) is 26.0. The number of carbonyl (C=O) groups is 2. The zero-order chi connectivity index (χ0) is 26.1. The SMILES string of the molecule is CCOc1cc(NS(=O)(=O)CC23CCC(CC2=O)C3(C)C)c(OCC)cc1NC(=O)c1ccccc1. The molecule has 0 radical (unpaired) electrons. The summed E-state index contributed by atoms with van der Waals surface area (Å²) in [6.07, 6.45) is 1.89. The van der Waals surface area contributed by atoms with Crippen LogP contribution in [0.5, 0.6) is 11.5 Å². The van der Waals surface area contributed by atoms with Gasteiger partial charge in [0.1, 0.15) is 17.3 Å². The van der Waals surface area contributed by atoms with Crippen molar-refractivity contribution in [3.8, 4) is 11.5 Å². The molecule has 0 spiro atoms. The number of hydrogen-bond acceptors (Lipinski definition) is 6. The lowest BCUT2D eigenvalue weighted by Crippen LogP contribution is -2.43. The van der Waals surface area contributed by atoms with E-state index in [1.54, 1.807) is 44.2 Å². The van der Waals surface area contributed by atoms with Gasteiger partial charge in [-0.3, -0.25) is 14.3 Å². The van der Waals surface area contributed by atoms with Crippen LogP contribution in [0.25, 0.3) is 0 Å². The van der Waals surface area contributed by atoms with Crippen molar-refractivity contribution in [1.29, 1.82) is 0 Å². The van der Waals surface area contributed by atoms with Crippen LogP contribution < -0.4 is 19.5 Å². The molecule has 2 atom stereocenters. The van der Waals surface area contributed by atoms with E-state index in [9.17, 15) is 18.0 Å². The highest BCUT2D eigenvalue weighted by Crippen LogP contribution is 2.64. The number of ether oxygens (including phenoxy) is 2. The van der Waals surface area contributed by atoms with Crippen molar-refractivity contribution in [1.82, 2.24) is 0 Å². The zero-order valence-electron chi connectivity index (χ0n) is 21.2. The quantitative estimate of drug-likeness (QED) is 0.468. The van der Waals surface area contributed by atoms with E-state index in [1.165, 1.54) is 6.07 Å². The topological polar surface area (TPSA) is 111 Å². The van der Waals surface area contributed by atoms with Gasteiger partial charge in [0, 0.05) is 24.1 Å². The fourth-order valence-electron chi connectivity index (χ4n) is 5.71. The van der Waals surface area contributed by atoms with E-state index in [4.69, 9.17) is 9.47 Å². The van der Waals surface area contributed by atoms with E-state index in [2.05, 4.69) is 10.0 Å². The molecule has 0 saturated heterocycles. The molecule has 2 fully saturated rings. The molecule has 9 heteroatoms. The number of benzene rings is 2. The Morgan fingerprint density at radius 3 is 2.19 bits per heavy atom. The van der Waals surface area contributed by atoms with E-state index >= 15 is 0 Å². The maximum atomic E-state index is 13.4. The third kappa shape index (κ3) is 4.68. The monoisotopic (exact) mass is 514 g/mol. The lowest BCUT2D eigenvalue weighted by molar-refractivity contribution is -0.128. The summed E-state index contributed by atoms with van der Waals surface area (Å²) in [4.78, 5) is 25.7. The zero-order valence-corrected chi connectivity index (χ0v) is 22.0. The first-order chi connectivity index (χ1) is 17.0. The average Bonchev–Trinajstić information content (AvgIpc) is 3.16. The Morgan fingerprint density at radius 1 is 1.03 bits per heavy atom. The minimum absolute atomic E-state index is 0.0353. The molecule has 2 N–H and O–H groups in total. The molecule has 2 bridgehead atoms. The van der Waals surface area contributed by atoms with Crippen molar-refractivity contribution in [2.45, 2.75) is 47.0 Å².